The van der Waals surface area contributed by atoms with Gasteiger partial charge < -0.3 is 5.73 Å². The van der Waals surface area contributed by atoms with E-state index in [2.05, 4.69) is 13.8 Å². The van der Waals surface area contributed by atoms with E-state index in [9.17, 15) is 4.39 Å². The SMILES string of the molecule is CCC(C)Sc1cc(N)cc(F)c1. The second-order valence-electron chi connectivity index (χ2n) is 3.06. The summed E-state index contributed by atoms with van der Waals surface area (Å²) in [6.45, 7) is 4.23. The van der Waals surface area contributed by atoms with Crippen molar-refractivity contribution in [1.82, 2.24) is 0 Å². The lowest BCUT2D eigenvalue weighted by atomic mass is 10.3. The molecule has 1 unspecified atom stereocenters. The second kappa shape index (κ2) is 4.51. The van der Waals surface area contributed by atoms with E-state index < -0.39 is 0 Å². The lowest BCUT2D eigenvalue weighted by Gasteiger charge is -2.08. The third kappa shape index (κ3) is 3.27. The van der Waals surface area contributed by atoms with Gasteiger partial charge >= 0.3 is 0 Å². The highest BCUT2D eigenvalue weighted by molar-refractivity contribution is 7.99. The van der Waals surface area contributed by atoms with Crippen LogP contribution in [0.5, 0.6) is 0 Å². The molecule has 1 aromatic carbocycles. The van der Waals surface area contributed by atoms with Crippen molar-refractivity contribution in [3.8, 4) is 0 Å². The summed E-state index contributed by atoms with van der Waals surface area (Å²) in [5, 5.41) is 0.501. The molecule has 0 aliphatic heterocycles. The highest BCUT2D eigenvalue weighted by Gasteiger charge is 2.03. The van der Waals surface area contributed by atoms with Gasteiger partial charge in [-0.3, -0.25) is 0 Å². The molecule has 1 aromatic rings. The van der Waals surface area contributed by atoms with E-state index in [1.807, 2.05) is 0 Å². The molecule has 0 heterocycles. The molecule has 0 fully saturated rings. The molecule has 3 heteroatoms. The van der Waals surface area contributed by atoms with Gasteiger partial charge in [-0.05, 0) is 24.6 Å². The van der Waals surface area contributed by atoms with Gasteiger partial charge in [-0.2, -0.15) is 0 Å². The molecule has 0 spiro atoms. The zero-order valence-electron chi connectivity index (χ0n) is 7.88. The smallest absolute Gasteiger partial charge is 0.126 e. The first-order valence-electron chi connectivity index (χ1n) is 4.34. The van der Waals surface area contributed by atoms with Crippen molar-refractivity contribution in [1.29, 1.82) is 0 Å². The zero-order chi connectivity index (χ0) is 9.84. The van der Waals surface area contributed by atoms with E-state index in [-0.39, 0.29) is 5.82 Å². The number of halogens is 1. The minimum atomic E-state index is -0.259. The van der Waals surface area contributed by atoms with Crippen molar-refractivity contribution in [3.05, 3.63) is 24.0 Å². The Hall–Kier alpha value is -0.700. The molecule has 0 radical (unpaired) electrons. The fourth-order valence-corrected chi connectivity index (χ4v) is 1.98. The zero-order valence-corrected chi connectivity index (χ0v) is 8.70. The summed E-state index contributed by atoms with van der Waals surface area (Å²) in [6, 6.07) is 4.66. The number of nitrogen functional groups attached to an aromatic ring is 1. The molecule has 0 saturated heterocycles. The minimum Gasteiger partial charge on any atom is -0.399 e. The molecule has 1 rings (SSSR count). The molecule has 0 bridgehead atoms. The number of anilines is 1. The third-order valence-electron chi connectivity index (χ3n) is 1.81. The Bertz CT molecular complexity index is 268. The van der Waals surface area contributed by atoms with E-state index in [0.29, 0.717) is 10.9 Å². The van der Waals surface area contributed by atoms with E-state index >= 15 is 0 Å². The van der Waals surface area contributed by atoms with Crippen LogP contribution < -0.4 is 5.73 Å². The van der Waals surface area contributed by atoms with Crippen LogP contribution in [-0.4, -0.2) is 5.25 Å². The van der Waals surface area contributed by atoms with E-state index in [0.717, 1.165) is 11.3 Å². The van der Waals surface area contributed by atoms with Crippen molar-refractivity contribution in [2.24, 2.45) is 0 Å². The van der Waals surface area contributed by atoms with Gasteiger partial charge in [0.05, 0.1) is 0 Å². The number of hydrogen-bond donors (Lipinski definition) is 1. The first-order valence-corrected chi connectivity index (χ1v) is 5.22. The topological polar surface area (TPSA) is 26.0 Å². The molecule has 2 N–H and O–H groups in total. The summed E-state index contributed by atoms with van der Waals surface area (Å²) in [4.78, 5) is 0.909. The van der Waals surface area contributed by atoms with Crippen molar-refractivity contribution < 1.29 is 4.39 Å². The molecule has 1 nitrogen and oxygen atoms in total. The molecule has 0 saturated carbocycles. The van der Waals surface area contributed by atoms with Crippen LogP contribution in [0.3, 0.4) is 0 Å². The number of hydrogen-bond acceptors (Lipinski definition) is 2. The second-order valence-corrected chi connectivity index (χ2v) is 4.57. The van der Waals surface area contributed by atoms with E-state index in [1.165, 1.54) is 12.1 Å². The lowest BCUT2D eigenvalue weighted by molar-refractivity contribution is 0.625. The van der Waals surface area contributed by atoms with Crippen LogP contribution in [0.1, 0.15) is 20.3 Å². The average molecular weight is 199 g/mol. The Morgan fingerprint density at radius 2 is 2.15 bits per heavy atom. The predicted octanol–water partition coefficient (Wildman–Crippen LogP) is 3.30. The summed E-state index contributed by atoms with van der Waals surface area (Å²) >= 11 is 1.65. The van der Waals surface area contributed by atoms with Gasteiger partial charge in [0.1, 0.15) is 5.82 Å². The fraction of sp³-hybridized carbons (Fsp3) is 0.400. The molecule has 13 heavy (non-hydrogen) atoms. The van der Waals surface area contributed by atoms with Crippen molar-refractivity contribution in [3.63, 3.8) is 0 Å². The van der Waals surface area contributed by atoms with Gasteiger partial charge in [-0.25, -0.2) is 4.39 Å². The Morgan fingerprint density at radius 3 is 2.69 bits per heavy atom. The molecular weight excluding hydrogens is 185 g/mol. The van der Waals surface area contributed by atoms with Crippen molar-refractivity contribution in [2.45, 2.75) is 30.4 Å². The van der Waals surface area contributed by atoms with Crippen LogP contribution in [0.15, 0.2) is 23.1 Å². The number of rotatable bonds is 3. The normalized spacial score (nSPS) is 12.8. The van der Waals surface area contributed by atoms with Gasteiger partial charge in [0.15, 0.2) is 0 Å². The largest absolute Gasteiger partial charge is 0.399 e. The minimum absolute atomic E-state index is 0.259. The monoisotopic (exact) mass is 199 g/mol. The van der Waals surface area contributed by atoms with Gasteiger partial charge in [0.25, 0.3) is 0 Å². The van der Waals surface area contributed by atoms with Crippen LogP contribution >= 0.6 is 11.8 Å². The summed E-state index contributed by atoms with van der Waals surface area (Å²) in [5.41, 5.74) is 6.01. The Labute approximate surface area is 82.5 Å². The van der Waals surface area contributed by atoms with Crippen molar-refractivity contribution in [2.75, 3.05) is 5.73 Å². The van der Waals surface area contributed by atoms with Crippen LogP contribution in [0.25, 0.3) is 0 Å². The Morgan fingerprint density at radius 1 is 1.46 bits per heavy atom. The highest BCUT2D eigenvalue weighted by atomic mass is 32.2. The maximum absolute atomic E-state index is 12.9. The molecular formula is C10H14FNS. The number of thioether (sulfide) groups is 1. The molecule has 72 valence electrons. The fourth-order valence-electron chi connectivity index (χ4n) is 0.968. The summed E-state index contributed by atoms with van der Waals surface area (Å²) in [5.74, 6) is -0.259. The summed E-state index contributed by atoms with van der Waals surface area (Å²) in [7, 11) is 0. The van der Waals surface area contributed by atoms with Gasteiger partial charge in [-0.15, -0.1) is 11.8 Å². The van der Waals surface area contributed by atoms with E-state index in [4.69, 9.17) is 5.73 Å². The predicted molar refractivity (Wildman–Crippen MR) is 56.4 cm³/mol. The van der Waals surface area contributed by atoms with Crippen LogP contribution in [0, 0.1) is 5.82 Å². The van der Waals surface area contributed by atoms with Gasteiger partial charge in [-0.1, -0.05) is 13.8 Å². The van der Waals surface area contributed by atoms with Crippen LogP contribution in [0.2, 0.25) is 0 Å². The standard InChI is InChI=1S/C10H14FNS/c1-3-7(2)13-10-5-8(11)4-9(12)6-10/h4-7H,3,12H2,1-2H3. The van der Waals surface area contributed by atoms with Gasteiger partial charge in [0, 0.05) is 15.8 Å². The van der Waals surface area contributed by atoms with Crippen LogP contribution in [0.4, 0.5) is 10.1 Å². The highest BCUT2D eigenvalue weighted by Crippen LogP contribution is 2.27. The van der Waals surface area contributed by atoms with E-state index in [1.54, 1.807) is 17.8 Å². The summed E-state index contributed by atoms with van der Waals surface area (Å²) in [6.07, 6.45) is 1.07. The molecule has 0 amide bonds. The van der Waals surface area contributed by atoms with Gasteiger partial charge in [0.2, 0.25) is 0 Å². The first kappa shape index (κ1) is 10.4. The Kier molecular flexibility index (Phi) is 3.60. The van der Waals surface area contributed by atoms with Crippen LogP contribution in [-0.2, 0) is 0 Å². The number of benzene rings is 1. The lowest BCUT2D eigenvalue weighted by Crippen LogP contribution is -1.93. The van der Waals surface area contributed by atoms with Crippen molar-refractivity contribution >= 4 is 17.4 Å². The maximum atomic E-state index is 12.9. The third-order valence-corrected chi connectivity index (χ3v) is 3.05. The molecule has 0 aliphatic carbocycles. The first-order chi connectivity index (χ1) is 6.11. The summed E-state index contributed by atoms with van der Waals surface area (Å²) < 4.78 is 12.9. The maximum Gasteiger partial charge on any atom is 0.126 e. The molecule has 0 aromatic heterocycles. The molecule has 1 atom stereocenters. The Balaban J connectivity index is 2.77. The average Bonchev–Trinajstić information content (AvgIpc) is 2.02. The number of nitrogens with two attached hydrogens (primary N) is 1. The molecule has 0 aliphatic rings. The quantitative estimate of drug-likeness (QED) is 0.597.